The number of likely N-dealkylation sites (N-methyl/N-ethyl adjacent to an activating group) is 1. The van der Waals surface area contributed by atoms with Crippen LogP contribution >= 0.6 is 15.9 Å². The molecular formula is C14H17BrFN3. The third-order valence-electron chi connectivity index (χ3n) is 2.89. The fraction of sp³-hybridized carbons (Fsp3) is 0.357. The van der Waals surface area contributed by atoms with Gasteiger partial charge in [-0.25, -0.2) is 9.37 Å². The molecule has 19 heavy (non-hydrogen) atoms. The second-order valence-corrected chi connectivity index (χ2v) is 5.47. The van der Waals surface area contributed by atoms with E-state index in [1.54, 1.807) is 12.4 Å². The van der Waals surface area contributed by atoms with Crippen LogP contribution in [0.4, 0.5) is 4.39 Å². The molecule has 0 aliphatic rings. The minimum atomic E-state index is -0.222. The number of hydrogen-bond acceptors (Lipinski definition) is 2. The highest BCUT2D eigenvalue weighted by molar-refractivity contribution is 9.10. The minimum Gasteiger partial charge on any atom is -0.340 e. The Kier molecular flexibility index (Phi) is 4.71. The molecule has 0 saturated heterocycles. The summed E-state index contributed by atoms with van der Waals surface area (Å²) in [5.74, 6) is -0.222. The number of halogens is 2. The number of nitrogens with zero attached hydrogens (tertiary/aromatic N) is 2. The summed E-state index contributed by atoms with van der Waals surface area (Å²) in [6, 6.07) is 5.07. The third-order valence-corrected chi connectivity index (χ3v) is 3.35. The fourth-order valence-corrected chi connectivity index (χ4v) is 2.62. The second kappa shape index (κ2) is 6.30. The molecule has 0 aliphatic heterocycles. The summed E-state index contributed by atoms with van der Waals surface area (Å²) in [6.07, 6.45) is 4.48. The number of benzene rings is 1. The normalized spacial score (nSPS) is 12.6. The van der Waals surface area contributed by atoms with Crippen LogP contribution in [0.1, 0.15) is 24.2 Å². The lowest BCUT2D eigenvalue weighted by Crippen LogP contribution is -2.23. The number of rotatable bonds is 5. The van der Waals surface area contributed by atoms with Crippen LogP contribution in [0.2, 0.25) is 0 Å². The van der Waals surface area contributed by atoms with Crippen LogP contribution in [0.25, 0.3) is 0 Å². The van der Waals surface area contributed by atoms with Crippen LogP contribution in [0.15, 0.2) is 35.2 Å². The monoisotopic (exact) mass is 325 g/mol. The maximum absolute atomic E-state index is 13.4. The Hall–Kier alpha value is -1.20. The summed E-state index contributed by atoms with van der Waals surface area (Å²) in [5, 5.41) is 3.39. The zero-order valence-electron chi connectivity index (χ0n) is 11.0. The van der Waals surface area contributed by atoms with Gasteiger partial charge in [-0.2, -0.15) is 0 Å². The smallest absolute Gasteiger partial charge is 0.124 e. The Bertz CT molecular complexity index is 533. The minimum absolute atomic E-state index is 0.0971. The van der Waals surface area contributed by atoms with Crippen LogP contribution in [0, 0.1) is 5.82 Å². The molecule has 3 nitrogen and oxygen atoms in total. The lowest BCUT2D eigenvalue weighted by molar-refractivity contribution is 0.535. The molecule has 1 aromatic carbocycles. The maximum Gasteiger partial charge on any atom is 0.124 e. The van der Waals surface area contributed by atoms with Crippen molar-refractivity contribution in [3.05, 3.63) is 52.3 Å². The van der Waals surface area contributed by atoms with Gasteiger partial charge in [-0.05, 0) is 36.7 Å². The zero-order chi connectivity index (χ0) is 13.8. The Morgan fingerprint density at radius 1 is 1.42 bits per heavy atom. The largest absolute Gasteiger partial charge is 0.340 e. The van der Waals surface area contributed by atoms with Gasteiger partial charge in [0.25, 0.3) is 0 Å². The predicted octanol–water partition coefficient (Wildman–Crippen LogP) is 3.22. The van der Waals surface area contributed by atoms with E-state index in [4.69, 9.17) is 0 Å². The highest BCUT2D eigenvalue weighted by Gasteiger charge is 2.14. The lowest BCUT2D eigenvalue weighted by Gasteiger charge is -2.16. The van der Waals surface area contributed by atoms with E-state index < -0.39 is 0 Å². The number of aryl methyl sites for hydroxylation is 1. The molecule has 0 fully saturated rings. The molecule has 102 valence electrons. The first kappa shape index (κ1) is 14.2. The summed E-state index contributed by atoms with van der Waals surface area (Å²) >= 11 is 3.32. The van der Waals surface area contributed by atoms with Crippen LogP contribution in [0.5, 0.6) is 0 Å². The van der Waals surface area contributed by atoms with Gasteiger partial charge in [0, 0.05) is 17.7 Å². The predicted molar refractivity (Wildman–Crippen MR) is 77.4 cm³/mol. The highest BCUT2D eigenvalue weighted by atomic mass is 79.9. The Morgan fingerprint density at radius 2 is 2.21 bits per heavy atom. The summed E-state index contributed by atoms with van der Waals surface area (Å²) in [4.78, 5) is 4.37. The molecule has 2 aromatic rings. The van der Waals surface area contributed by atoms with Gasteiger partial charge in [0.05, 0.1) is 18.1 Å². The molecule has 0 bridgehead atoms. The molecule has 0 amide bonds. The first-order valence-electron chi connectivity index (χ1n) is 6.24. The van der Waals surface area contributed by atoms with E-state index in [0.29, 0.717) is 6.42 Å². The zero-order valence-corrected chi connectivity index (χ0v) is 12.6. The van der Waals surface area contributed by atoms with Crippen LogP contribution < -0.4 is 5.32 Å². The van der Waals surface area contributed by atoms with E-state index in [9.17, 15) is 4.39 Å². The van der Waals surface area contributed by atoms with Crippen molar-refractivity contribution >= 4 is 15.9 Å². The summed E-state index contributed by atoms with van der Waals surface area (Å²) in [7, 11) is 1.94. The van der Waals surface area contributed by atoms with Crippen molar-refractivity contribution in [3.63, 3.8) is 0 Å². The maximum atomic E-state index is 13.4. The first-order chi connectivity index (χ1) is 9.08. The molecule has 1 atom stereocenters. The Morgan fingerprint density at radius 3 is 2.79 bits per heavy atom. The van der Waals surface area contributed by atoms with Crippen molar-refractivity contribution in [2.75, 3.05) is 6.54 Å². The van der Waals surface area contributed by atoms with Gasteiger partial charge >= 0.3 is 0 Å². The van der Waals surface area contributed by atoms with Crippen molar-refractivity contribution in [1.29, 1.82) is 0 Å². The molecule has 0 spiro atoms. The molecule has 2 rings (SSSR count). The van der Waals surface area contributed by atoms with E-state index in [-0.39, 0.29) is 11.9 Å². The molecule has 1 aromatic heterocycles. The van der Waals surface area contributed by atoms with Gasteiger partial charge in [0.1, 0.15) is 5.82 Å². The van der Waals surface area contributed by atoms with Crippen molar-refractivity contribution < 1.29 is 4.39 Å². The first-order valence-corrected chi connectivity index (χ1v) is 7.04. The highest BCUT2D eigenvalue weighted by Crippen LogP contribution is 2.21. The third kappa shape index (κ3) is 3.88. The van der Waals surface area contributed by atoms with Crippen LogP contribution in [-0.4, -0.2) is 16.1 Å². The van der Waals surface area contributed by atoms with Crippen molar-refractivity contribution in [3.8, 4) is 0 Å². The fourth-order valence-electron chi connectivity index (χ4n) is 2.11. The summed E-state index contributed by atoms with van der Waals surface area (Å²) in [6.45, 7) is 2.90. The topological polar surface area (TPSA) is 29.9 Å². The van der Waals surface area contributed by atoms with Crippen molar-refractivity contribution in [2.24, 2.45) is 7.05 Å². The SMILES string of the molecule is CCNC(Cc1cc(F)cc(Br)c1)c1cn(C)cn1. The summed E-state index contributed by atoms with van der Waals surface area (Å²) in [5.41, 5.74) is 1.92. The molecular weight excluding hydrogens is 309 g/mol. The average molecular weight is 326 g/mol. The number of imidazole rings is 1. The van der Waals surface area contributed by atoms with Gasteiger partial charge in [-0.3, -0.25) is 0 Å². The van der Waals surface area contributed by atoms with E-state index >= 15 is 0 Å². The number of hydrogen-bond donors (Lipinski definition) is 1. The van der Waals surface area contributed by atoms with Gasteiger partial charge in [0.15, 0.2) is 0 Å². The Balaban J connectivity index is 2.20. The number of aromatic nitrogens is 2. The quantitative estimate of drug-likeness (QED) is 0.914. The second-order valence-electron chi connectivity index (χ2n) is 4.56. The molecule has 0 radical (unpaired) electrons. The molecule has 1 heterocycles. The molecule has 1 unspecified atom stereocenters. The lowest BCUT2D eigenvalue weighted by atomic mass is 10.0. The van der Waals surface area contributed by atoms with Gasteiger partial charge in [-0.1, -0.05) is 22.9 Å². The van der Waals surface area contributed by atoms with Crippen LogP contribution in [-0.2, 0) is 13.5 Å². The van der Waals surface area contributed by atoms with E-state index in [0.717, 1.165) is 22.3 Å². The van der Waals surface area contributed by atoms with E-state index in [2.05, 4.69) is 33.2 Å². The Labute approximate surface area is 121 Å². The van der Waals surface area contributed by atoms with Gasteiger partial charge in [-0.15, -0.1) is 0 Å². The van der Waals surface area contributed by atoms with E-state index in [1.807, 2.05) is 23.9 Å². The van der Waals surface area contributed by atoms with Crippen LogP contribution in [0.3, 0.4) is 0 Å². The molecule has 0 saturated carbocycles. The molecule has 5 heteroatoms. The molecule has 1 N–H and O–H groups in total. The average Bonchev–Trinajstić information content (AvgIpc) is 2.74. The summed E-state index contributed by atoms with van der Waals surface area (Å²) < 4.78 is 16.1. The number of nitrogens with one attached hydrogen (secondary N) is 1. The van der Waals surface area contributed by atoms with Crippen molar-refractivity contribution in [2.45, 2.75) is 19.4 Å². The van der Waals surface area contributed by atoms with Gasteiger partial charge in [0.2, 0.25) is 0 Å². The van der Waals surface area contributed by atoms with Crippen molar-refractivity contribution in [1.82, 2.24) is 14.9 Å². The molecule has 0 aliphatic carbocycles. The standard InChI is InChI=1S/C14H17BrFN3/c1-3-17-13(14-8-19(2)9-18-14)6-10-4-11(15)7-12(16)5-10/h4-5,7-9,13,17H,3,6H2,1-2H3. The van der Waals surface area contributed by atoms with E-state index in [1.165, 1.54) is 6.07 Å². The van der Waals surface area contributed by atoms with Gasteiger partial charge < -0.3 is 9.88 Å².